The summed E-state index contributed by atoms with van der Waals surface area (Å²) in [4.78, 5) is 29.5. The second-order valence-corrected chi connectivity index (χ2v) is 11.5. The normalized spacial score (nSPS) is 22.5. The molecule has 0 radical (unpaired) electrons. The number of aromatic nitrogens is 1. The van der Waals surface area contributed by atoms with Gasteiger partial charge in [0.25, 0.3) is 0 Å². The van der Waals surface area contributed by atoms with Crippen LogP contribution in [0.25, 0.3) is 0 Å². The van der Waals surface area contributed by atoms with Crippen molar-refractivity contribution >= 4 is 21.5 Å². The first-order chi connectivity index (χ1) is 14.0. The lowest BCUT2D eigenvalue weighted by Crippen LogP contribution is -2.44. The number of aryl methyl sites for hydroxylation is 1. The molecule has 2 fully saturated rings. The van der Waals surface area contributed by atoms with Gasteiger partial charge in [0.05, 0.1) is 18.1 Å². The molecule has 0 aromatic carbocycles. The van der Waals surface area contributed by atoms with E-state index in [1.54, 1.807) is 0 Å². The van der Waals surface area contributed by atoms with E-state index in [9.17, 15) is 18.0 Å². The number of hydrogen-bond donors (Lipinski definition) is 0. The molecular formula is C22H35N3O4S. The Morgan fingerprint density at radius 2 is 1.80 bits per heavy atom. The molecule has 3 heterocycles. The highest BCUT2D eigenvalue weighted by Crippen LogP contribution is 2.29. The van der Waals surface area contributed by atoms with Crippen LogP contribution in [0.15, 0.2) is 6.07 Å². The molecule has 2 aliphatic rings. The van der Waals surface area contributed by atoms with Crippen molar-refractivity contribution in [1.29, 1.82) is 0 Å². The smallest absolute Gasteiger partial charge is 0.225 e. The Kier molecular flexibility index (Phi) is 6.77. The van der Waals surface area contributed by atoms with E-state index in [1.807, 2.05) is 50.3 Å². The summed E-state index contributed by atoms with van der Waals surface area (Å²) in [7, 11) is -1.12. The van der Waals surface area contributed by atoms with Crippen LogP contribution in [0.2, 0.25) is 0 Å². The molecule has 1 amide bonds. The first-order valence-electron chi connectivity index (χ1n) is 10.9. The Morgan fingerprint density at radius 3 is 2.33 bits per heavy atom. The van der Waals surface area contributed by atoms with Gasteiger partial charge in [0.1, 0.15) is 0 Å². The fraction of sp³-hybridized carbons (Fsp3) is 0.727. The predicted molar refractivity (Wildman–Crippen MR) is 118 cm³/mol. The number of carbonyl (C=O) groups excluding carboxylic acids is 2. The predicted octanol–water partition coefficient (Wildman–Crippen LogP) is 2.23. The van der Waals surface area contributed by atoms with Gasteiger partial charge < -0.3 is 9.47 Å². The number of Topliss-reactive ketones (excluding diaryl/α,β-unsaturated/α-hetero) is 1. The van der Waals surface area contributed by atoms with E-state index in [2.05, 4.69) is 4.90 Å². The van der Waals surface area contributed by atoms with E-state index >= 15 is 0 Å². The lowest BCUT2D eigenvalue weighted by Gasteiger charge is -2.34. The number of carbonyl (C=O) groups is 2. The second kappa shape index (κ2) is 8.83. The number of likely N-dealkylation sites (tertiary alicyclic amines) is 1. The number of rotatable bonds is 6. The maximum atomic E-state index is 13.0. The molecule has 8 heteroatoms. The number of ketones is 1. The maximum Gasteiger partial charge on any atom is 0.225 e. The van der Waals surface area contributed by atoms with E-state index in [0.29, 0.717) is 18.5 Å². The van der Waals surface area contributed by atoms with Crippen LogP contribution in [-0.2, 0) is 14.6 Å². The van der Waals surface area contributed by atoms with Gasteiger partial charge >= 0.3 is 0 Å². The first kappa shape index (κ1) is 23.0. The molecule has 7 nitrogen and oxygen atoms in total. The molecule has 2 saturated heterocycles. The summed E-state index contributed by atoms with van der Waals surface area (Å²) in [5.41, 5.74) is 2.50. The summed E-state index contributed by atoms with van der Waals surface area (Å²) in [6, 6.07) is 2.02. The highest BCUT2D eigenvalue weighted by atomic mass is 32.2. The van der Waals surface area contributed by atoms with Gasteiger partial charge in [-0.05, 0) is 66.1 Å². The second-order valence-electron chi connectivity index (χ2n) is 9.23. The Morgan fingerprint density at radius 1 is 1.17 bits per heavy atom. The fourth-order valence-electron chi connectivity index (χ4n) is 4.77. The minimum absolute atomic E-state index is 0.0399. The number of amides is 1. The van der Waals surface area contributed by atoms with Crippen LogP contribution >= 0.6 is 0 Å². The molecule has 0 saturated carbocycles. The number of nitrogens with zero attached hydrogens (tertiary/aromatic N) is 3. The fourth-order valence-corrected chi connectivity index (χ4v) is 6.47. The monoisotopic (exact) mass is 437 g/mol. The van der Waals surface area contributed by atoms with Gasteiger partial charge in [0.2, 0.25) is 5.91 Å². The quantitative estimate of drug-likeness (QED) is 0.638. The Balaban J connectivity index is 1.61. The lowest BCUT2D eigenvalue weighted by atomic mass is 9.94. The highest BCUT2D eigenvalue weighted by Gasteiger charge is 2.33. The average Bonchev–Trinajstić information content (AvgIpc) is 3.18. The van der Waals surface area contributed by atoms with Crippen LogP contribution in [0.3, 0.4) is 0 Å². The van der Waals surface area contributed by atoms with Crippen molar-refractivity contribution in [3.05, 3.63) is 23.0 Å². The van der Waals surface area contributed by atoms with Crippen molar-refractivity contribution < 1.29 is 18.0 Å². The topological polar surface area (TPSA) is 79.7 Å². The Hall–Kier alpha value is -1.67. The van der Waals surface area contributed by atoms with Gasteiger partial charge in [-0.15, -0.1) is 0 Å². The van der Waals surface area contributed by atoms with Crippen LogP contribution in [0.1, 0.15) is 60.9 Å². The molecule has 168 valence electrons. The lowest BCUT2D eigenvalue weighted by molar-refractivity contribution is -0.137. The van der Waals surface area contributed by atoms with Crippen molar-refractivity contribution in [2.24, 2.45) is 5.92 Å². The third kappa shape index (κ3) is 4.80. The molecule has 1 atom stereocenters. The Labute approximate surface area is 180 Å². The van der Waals surface area contributed by atoms with Gasteiger partial charge in [0, 0.05) is 42.0 Å². The van der Waals surface area contributed by atoms with E-state index in [0.717, 1.165) is 37.3 Å². The third-order valence-corrected chi connectivity index (χ3v) is 8.53. The van der Waals surface area contributed by atoms with Crippen LogP contribution in [0.4, 0.5) is 0 Å². The van der Waals surface area contributed by atoms with Crippen molar-refractivity contribution in [3.8, 4) is 0 Å². The van der Waals surface area contributed by atoms with E-state index < -0.39 is 9.84 Å². The summed E-state index contributed by atoms with van der Waals surface area (Å²) in [6.07, 6.45) is 2.17. The zero-order valence-electron chi connectivity index (χ0n) is 18.8. The molecule has 2 aliphatic heterocycles. The summed E-state index contributed by atoms with van der Waals surface area (Å²) >= 11 is 0. The van der Waals surface area contributed by atoms with Crippen LogP contribution in [-0.4, -0.2) is 78.7 Å². The molecule has 0 aliphatic carbocycles. The van der Waals surface area contributed by atoms with Crippen molar-refractivity contribution in [3.63, 3.8) is 0 Å². The number of hydrogen-bond acceptors (Lipinski definition) is 5. The van der Waals surface area contributed by atoms with E-state index in [1.165, 1.54) is 0 Å². The van der Waals surface area contributed by atoms with Crippen LogP contribution < -0.4 is 0 Å². The van der Waals surface area contributed by atoms with Gasteiger partial charge in [-0.3, -0.25) is 14.5 Å². The molecule has 1 aromatic rings. The summed E-state index contributed by atoms with van der Waals surface area (Å²) in [5.74, 6) is 0.685. The van der Waals surface area contributed by atoms with Crippen molar-refractivity contribution in [2.75, 3.05) is 38.2 Å². The molecule has 0 bridgehead atoms. The summed E-state index contributed by atoms with van der Waals surface area (Å²) in [5, 5.41) is 0. The average molecular weight is 438 g/mol. The first-order valence-corrected chi connectivity index (χ1v) is 12.7. The Bertz CT molecular complexity index is 911. The number of sulfone groups is 1. The van der Waals surface area contributed by atoms with Crippen molar-refractivity contribution in [2.45, 2.75) is 59.0 Å². The zero-order valence-corrected chi connectivity index (χ0v) is 19.7. The molecule has 30 heavy (non-hydrogen) atoms. The van der Waals surface area contributed by atoms with Gasteiger partial charge in [0.15, 0.2) is 15.6 Å². The van der Waals surface area contributed by atoms with Crippen LogP contribution in [0.5, 0.6) is 0 Å². The standard InChI is InChI=1S/C22H35N3O4S/c1-15(2)23(5)22(27)18-6-9-24(10-7-18)13-21(26)20-12-16(3)25(17(20)4)19-8-11-30(28,29)14-19/h12,15,18-19H,6-11,13-14H2,1-5H3. The minimum Gasteiger partial charge on any atom is -0.344 e. The van der Waals surface area contributed by atoms with Gasteiger partial charge in [-0.25, -0.2) is 8.42 Å². The largest absolute Gasteiger partial charge is 0.344 e. The molecule has 0 spiro atoms. The minimum atomic E-state index is -2.98. The van der Waals surface area contributed by atoms with Crippen LogP contribution in [0, 0.1) is 19.8 Å². The van der Waals surface area contributed by atoms with E-state index in [-0.39, 0.29) is 41.2 Å². The highest BCUT2D eigenvalue weighted by molar-refractivity contribution is 7.91. The molecule has 1 unspecified atom stereocenters. The third-order valence-electron chi connectivity index (χ3n) is 6.78. The molecule has 3 rings (SSSR count). The summed E-state index contributed by atoms with van der Waals surface area (Å²) < 4.78 is 25.8. The molecular weight excluding hydrogens is 402 g/mol. The van der Waals surface area contributed by atoms with Gasteiger partial charge in [-0.2, -0.15) is 0 Å². The van der Waals surface area contributed by atoms with Crippen molar-refractivity contribution in [1.82, 2.24) is 14.4 Å². The SMILES string of the molecule is Cc1cc(C(=O)CN2CCC(C(=O)N(C)C(C)C)CC2)c(C)n1C1CCS(=O)(=O)C1. The van der Waals surface area contributed by atoms with Gasteiger partial charge in [-0.1, -0.05) is 0 Å². The number of piperidine rings is 1. The molecule has 1 aromatic heterocycles. The summed E-state index contributed by atoms with van der Waals surface area (Å²) in [6.45, 7) is 9.72. The molecule has 0 N–H and O–H groups in total. The zero-order chi connectivity index (χ0) is 22.2. The van der Waals surface area contributed by atoms with E-state index in [4.69, 9.17) is 0 Å². The maximum absolute atomic E-state index is 13.0.